The summed E-state index contributed by atoms with van der Waals surface area (Å²) >= 11 is 0. The standard InChI is InChI=1S/C12H16O4/c1-10(13)7-8-15-12(14)16-9-11-5-3-2-4-6-11/h2-6,10,13H,7-9H2,1H3. The first kappa shape index (κ1) is 12.5. The molecule has 88 valence electrons. The van der Waals surface area contributed by atoms with Crippen LogP contribution in [0.15, 0.2) is 30.3 Å². The zero-order chi connectivity index (χ0) is 11.8. The molecule has 0 fully saturated rings. The predicted molar refractivity (Wildman–Crippen MR) is 58.9 cm³/mol. The Bertz CT molecular complexity index is 308. The first-order valence-electron chi connectivity index (χ1n) is 5.20. The average molecular weight is 224 g/mol. The number of hydrogen-bond acceptors (Lipinski definition) is 4. The third-order valence-electron chi connectivity index (χ3n) is 1.96. The molecule has 0 aliphatic carbocycles. The second-order valence-electron chi connectivity index (χ2n) is 3.51. The molecule has 0 aromatic heterocycles. The molecule has 1 aromatic rings. The largest absolute Gasteiger partial charge is 0.508 e. The lowest BCUT2D eigenvalue weighted by molar-refractivity contribution is 0.0403. The second-order valence-corrected chi connectivity index (χ2v) is 3.51. The van der Waals surface area contributed by atoms with Crippen LogP contribution in [0.4, 0.5) is 4.79 Å². The van der Waals surface area contributed by atoms with Crippen LogP contribution in [-0.2, 0) is 16.1 Å². The summed E-state index contributed by atoms with van der Waals surface area (Å²) < 4.78 is 9.62. The molecule has 1 N–H and O–H groups in total. The van der Waals surface area contributed by atoms with E-state index in [2.05, 4.69) is 0 Å². The molecule has 1 unspecified atom stereocenters. The average Bonchev–Trinajstić information content (AvgIpc) is 2.27. The lowest BCUT2D eigenvalue weighted by atomic mass is 10.2. The van der Waals surface area contributed by atoms with Crippen molar-refractivity contribution in [2.75, 3.05) is 6.61 Å². The monoisotopic (exact) mass is 224 g/mol. The van der Waals surface area contributed by atoms with Gasteiger partial charge in [0.2, 0.25) is 0 Å². The minimum absolute atomic E-state index is 0.172. The molecule has 4 nitrogen and oxygen atoms in total. The Morgan fingerprint density at radius 1 is 1.31 bits per heavy atom. The number of ether oxygens (including phenoxy) is 2. The van der Waals surface area contributed by atoms with Gasteiger partial charge in [-0.1, -0.05) is 30.3 Å². The predicted octanol–water partition coefficient (Wildman–Crippen LogP) is 2.11. The highest BCUT2D eigenvalue weighted by Crippen LogP contribution is 2.02. The van der Waals surface area contributed by atoms with Gasteiger partial charge in [0.15, 0.2) is 0 Å². The van der Waals surface area contributed by atoms with Crippen LogP contribution in [0.5, 0.6) is 0 Å². The topological polar surface area (TPSA) is 55.8 Å². The number of aliphatic hydroxyl groups excluding tert-OH is 1. The first-order chi connectivity index (χ1) is 7.68. The van der Waals surface area contributed by atoms with Crippen molar-refractivity contribution in [3.05, 3.63) is 35.9 Å². The van der Waals surface area contributed by atoms with Gasteiger partial charge in [0, 0.05) is 6.42 Å². The summed E-state index contributed by atoms with van der Waals surface area (Å²) in [5, 5.41) is 8.94. The lowest BCUT2D eigenvalue weighted by Crippen LogP contribution is -2.12. The van der Waals surface area contributed by atoms with Crippen molar-refractivity contribution in [3.63, 3.8) is 0 Å². The summed E-state index contributed by atoms with van der Waals surface area (Å²) in [6.07, 6.45) is -0.758. The lowest BCUT2D eigenvalue weighted by Gasteiger charge is -2.07. The fraction of sp³-hybridized carbons (Fsp3) is 0.417. The zero-order valence-electron chi connectivity index (χ0n) is 9.26. The van der Waals surface area contributed by atoms with Crippen molar-refractivity contribution >= 4 is 6.16 Å². The third kappa shape index (κ3) is 5.36. The molecular formula is C12H16O4. The van der Waals surface area contributed by atoms with Gasteiger partial charge in [0.25, 0.3) is 0 Å². The van der Waals surface area contributed by atoms with Gasteiger partial charge in [-0.05, 0) is 12.5 Å². The molecular weight excluding hydrogens is 208 g/mol. The third-order valence-corrected chi connectivity index (χ3v) is 1.96. The Hall–Kier alpha value is -1.55. The Labute approximate surface area is 94.8 Å². The van der Waals surface area contributed by atoms with Crippen LogP contribution in [0.3, 0.4) is 0 Å². The van der Waals surface area contributed by atoms with E-state index in [0.29, 0.717) is 6.42 Å². The maximum Gasteiger partial charge on any atom is 0.508 e. The van der Waals surface area contributed by atoms with Crippen LogP contribution in [0.2, 0.25) is 0 Å². The van der Waals surface area contributed by atoms with Crippen LogP contribution in [0, 0.1) is 0 Å². The van der Waals surface area contributed by atoms with E-state index in [1.54, 1.807) is 6.92 Å². The van der Waals surface area contributed by atoms with Crippen LogP contribution in [-0.4, -0.2) is 24.0 Å². The molecule has 1 atom stereocenters. The van der Waals surface area contributed by atoms with Crippen LogP contribution in [0.1, 0.15) is 18.9 Å². The Morgan fingerprint density at radius 2 is 2.00 bits per heavy atom. The van der Waals surface area contributed by atoms with Crippen molar-refractivity contribution < 1.29 is 19.4 Å². The van der Waals surface area contributed by atoms with Gasteiger partial charge in [0.1, 0.15) is 6.61 Å². The zero-order valence-corrected chi connectivity index (χ0v) is 9.26. The molecule has 0 aliphatic heterocycles. The number of rotatable bonds is 5. The molecule has 1 aromatic carbocycles. The van der Waals surface area contributed by atoms with E-state index in [4.69, 9.17) is 14.6 Å². The Balaban J connectivity index is 2.16. The summed E-state index contributed by atoms with van der Waals surface area (Å²) in [7, 11) is 0. The second kappa shape index (κ2) is 6.85. The van der Waals surface area contributed by atoms with Crippen molar-refractivity contribution in [3.8, 4) is 0 Å². The van der Waals surface area contributed by atoms with Gasteiger partial charge in [-0.3, -0.25) is 0 Å². The summed E-state index contributed by atoms with van der Waals surface area (Å²) in [5.41, 5.74) is 0.912. The SMILES string of the molecule is CC(O)CCOC(=O)OCc1ccccc1. The van der Waals surface area contributed by atoms with Crippen molar-refractivity contribution in [2.24, 2.45) is 0 Å². The summed E-state index contributed by atoms with van der Waals surface area (Å²) in [6, 6.07) is 9.37. The van der Waals surface area contributed by atoms with E-state index >= 15 is 0 Å². The van der Waals surface area contributed by atoms with Gasteiger partial charge in [0.05, 0.1) is 12.7 Å². The molecule has 0 spiro atoms. The Kier molecular flexibility index (Phi) is 5.36. The smallest absolute Gasteiger partial charge is 0.434 e. The minimum atomic E-state index is -0.704. The van der Waals surface area contributed by atoms with Crippen LogP contribution >= 0.6 is 0 Å². The maximum absolute atomic E-state index is 11.1. The van der Waals surface area contributed by atoms with Gasteiger partial charge >= 0.3 is 6.16 Å². The van der Waals surface area contributed by atoms with E-state index in [9.17, 15) is 4.79 Å². The van der Waals surface area contributed by atoms with E-state index in [-0.39, 0.29) is 13.2 Å². The highest BCUT2D eigenvalue weighted by molar-refractivity contribution is 5.59. The van der Waals surface area contributed by atoms with Crippen molar-refractivity contribution in [2.45, 2.75) is 26.1 Å². The summed E-state index contributed by atoms with van der Waals surface area (Å²) in [4.78, 5) is 11.1. The molecule has 0 saturated heterocycles. The van der Waals surface area contributed by atoms with Gasteiger partial charge in [-0.15, -0.1) is 0 Å². The van der Waals surface area contributed by atoms with E-state index in [1.165, 1.54) is 0 Å². The first-order valence-corrected chi connectivity index (χ1v) is 5.20. The summed E-state index contributed by atoms with van der Waals surface area (Å²) in [5.74, 6) is 0. The number of hydrogen-bond donors (Lipinski definition) is 1. The van der Waals surface area contributed by atoms with E-state index < -0.39 is 12.3 Å². The van der Waals surface area contributed by atoms with Crippen LogP contribution in [0.25, 0.3) is 0 Å². The Morgan fingerprint density at radius 3 is 2.62 bits per heavy atom. The maximum atomic E-state index is 11.1. The van der Waals surface area contributed by atoms with Gasteiger partial charge in [-0.2, -0.15) is 0 Å². The van der Waals surface area contributed by atoms with E-state index in [1.807, 2.05) is 30.3 Å². The normalized spacial score (nSPS) is 11.9. The van der Waals surface area contributed by atoms with Crippen molar-refractivity contribution in [1.29, 1.82) is 0 Å². The van der Waals surface area contributed by atoms with Crippen molar-refractivity contribution in [1.82, 2.24) is 0 Å². The van der Waals surface area contributed by atoms with E-state index in [0.717, 1.165) is 5.56 Å². The van der Waals surface area contributed by atoms with Gasteiger partial charge in [-0.25, -0.2) is 4.79 Å². The number of carbonyl (C=O) groups is 1. The molecule has 0 amide bonds. The summed E-state index contributed by atoms with van der Waals surface area (Å²) in [6.45, 7) is 2.01. The quantitative estimate of drug-likeness (QED) is 0.778. The molecule has 1 rings (SSSR count). The molecule has 4 heteroatoms. The molecule has 0 heterocycles. The molecule has 0 radical (unpaired) electrons. The number of carbonyl (C=O) groups excluding carboxylic acids is 1. The molecule has 16 heavy (non-hydrogen) atoms. The minimum Gasteiger partial charge on any atom is -0.434 e. The van der Waals surface area contributed by atoms with Crippen LogP contribution < -0.4 is 0 Å². The molecule has 0 aliphatic rings. The number of aliphatic hydroxyl groups is 1. The van der Waals surface area contributed by atoms with Gasteiger partial charge < -0.3 is 14.6 Å². The molecule has 0 bridgehead atoms. The highest BCUT2D eigenvalue weighted by atomic mass is 16.7. The number of benzene rings is 1. The molecule has 0 saturated carbocycles. The fourth-order valence-corrected chi connectivity index (χ4v) is 1.07. The highest BCUT2D eigenvalue weighted by Gasteiger charge is 2.05. The fourth-order valence-electron chi connectivity index (χ4n) is 1.07.